The Bertz CT molecular complexity index is 1960. The van der Waals surface area contributed by atoms with E-state index < -0.39 is 23.2 Å². The molecule has 0 aliphatic heterocycles. The lowest BCUT2D eigenvalue weighted by Gasteiger charge is -2.14. The van der Waals surface area contributed by atoms with Gasteiger partial charge in [-0.2, -0.15) is 22.9 Å². The van der Waals surface area contributed by atoms with E-state index in [1.807, 2.05) is 0 Å². The number of amides is 1. The highest BCUT2D eigenvalue weighted by Crippen LogP contribution is 2.34. The van der Waals surface area contributed by atoms with Gasteiger partial charge < -0.3 is 14.8 Å². The fraction of sp³-hybridized carbons (Fsp3) is 0.125. The third kappa shape index (κ3) is 7.52. The molecule has 0 saturated carbocycles. The number of nitrogens with one attached hydrogen (secondary N) is 1. The van der Waals surface area contributed by atoms with E-state index in [2.05, 4.69) is 31.3 Å². The lowest BCUT2D eigenvalue weighted by atomic mass is 10.1. The van der Waals surface area contributed by atoms with Gasteiger partial charge in [0.1, 0.15) is 0 Å². The van der Waals surface area contributed by atoms with Crippen molar-refractivity contribution in [2.24, 2.45) is 5.10 Å². The van der Waals surface area contributed by atoms with Gasteiger partial charge in [0.2, 0.25) is 0 Å². The molecule has 0 aliphatic carbocycles. The van der Waals surface area contributed by atoms with Gasteiger partial charge in [0.25, 0.3) is 11.5 Å². The van der Waals surface area contributed by atoms with Crippen LogP contribution in [-0.4, -0.2) is 35.0 Å². The van der Waals surface area contributed by atoms with Crippen LogP contribution >= 0.6 is 27.5 Å². The molecule has 0 spiro atoms. The summed E-state index contributed by atoms with van der Waals surface area (Å²) in [5.74, 6) is 0.0746. The van der Waals surface area contributed by atoms with Crippen LogP contribution in [-0.2, 0) is 11.0 Å². The molecule has 45 heavy (non-hydrogen) atoms. The zero-order chi connectivity index (χ0) is 32.1. The summed E-state index contributed by atoms with van der Waals surface area (Å²) in [5.41, 5.74) is -0.0981. The Morgan fingerprint density at radius 1 is 1.02 bits per heavy atom. The van der Waals surface area contributed by atoms with Crippen LogP contribution in [0, 0.1) is 0 Å². The molecule has 5 rings (SSSR count). The van der Waals surface area contributed by atoms with E-state index in [1.165, 1.54) is 18.3 Å². The maximum atomic E-state index is 13.5. The molecule has 1 amide bonds. The highest BCUT2D eigenvalue weighted by Gasteiger charge is 2.31. The van der Waals surface area contributed by atoms with Crippen molar-refractivity contribution in [3.05, 3.63) is 116 Å². The molecule has 0 aliphatic rings. The number of rotatable bonds is 9. The van der Waals surface area contributed by atoms with Crippen molar-refractivity contribution in [3.63, 3.8) is 0 Å². The Morgan fingerprint density at radius 3 is 2.49 bits per heavy atom. The van der Waals surface area contributed by atoms with E-state index >= 15 is 0 Å². The zero-order valence-corrected chi connectivity index (χ0v) is 25.8. The topological polar surface area (TPSA) is 94.8 Å². The smallest absolute Gasteiger partial charge is 0.416 e. The van der Waals surface area contributed by atoms with Crippen LogP contribution in [0.3, 0.4) is 0 Å². The predicted molar refractivity (Wildman–Crippen MR) is 170 cm³/mol. The van der Waals surface area contributed by atoms with Gasteiger partial charge >= 0.3 is 6.18 Å². The molecular weight excluding hydrogens is 677 g/mol. The SMILES string of the molecule is CCOc1cc(C=Nn2c(-c3cccc(C(F)(F)F)c3)nc3ccccc3c2=O)c(Br)cc1OCC(=O)Nc1ccc(Cl)cc1. The van der Waals surface area contributed by atoms with Crippen molar-refractivity contribution in [2.75, 3.05) is 18.5 Å². The monoisotopic (exact) mass is 698 g/mol. The van der Waals surface area contributed by atoms with E-state index in [0.717, 1.165) is 16.8 Å². The molecule has 0 bridgehead atoms. The van der Waals surface area contributed by atoms with Gasteiger partial charge in [-0.1, -0.05) is 35.9 Å². The first-order valence-electron chi connectivity index (χ1n) is 13.4. The molecule has 4 aromatic carbocycles. The first-order valence-corrected chi connectivity index (χ1v) is 14.6. The van der Waals surface area contributed by atoms with Crippen LogP contribution < -0.4 is 20.3 Å². The maximum Gasteiger partial charge on any atom is 0.416 e. The summed E-state index contributed by atoms with van der Waals surface area (Å²) in [6.45, 7) is 1.73. The van der Waals surface area contributed by atoms with Crippen LogP contribution in [0.4, 0.5) is 18.9 Å². The molecule has 1 aromatic heterocycles. The molecule has 0 unspecified atom stereocenters. The molecular formula is C32H23BrClF3N4O4. The Labute approximate surface area is 268 Å². The van der Waals surface area contributed by atoms with Crippen molar-refractivity contribution in [1.29, 1.82) is 0 Å². The molecule has 0 radical (unpaired) electrons. The molecule has 8 nitrogen and oxygen atoms in total. The summed E-state index contributed by atoms with van der Waals surface area (Å²) in [6, 6.07) is 20.8. The molecule has 5 aromatic rings. The molecule has 230 valence electrons. The van der Waals surface area contributed by atoms with Crippen molar-refractivity contribution in [1.82, 2.24) is 9.66 Å². The third-order valence-electron chi connectivity index (χ3n) is 6.36. The third-order valence-corrected chi connectivity index (χ3v) is 7.30. The number of hydrogen-bond acceptors (Lipinski definition) is 6. The van der Waals surface area contributed by atoms with Crippen LogP contribution in [0.2, 0.25) is 5.02 Å². The number of hydrogen-bond donors (Lipinski definition) is 1. The summed E-state index contributed by atoms with van der Waals surface area (Å²) in [4.78, 5) is 30.5. The standard InChI is InChI=1S/C32H23BrClF3N4O4/c1-2-44-27-15-20(25(33)16-28(27)45-18-29(42)39-23-12-10-22(34)11-13-23)17-38-41-30(19-6-5-7-21(14-19)32(35,36)37)40-26-9-4-3-8-24(26)31(41)43/h3-17H,2,18H2,1H3,(H,39,42). The number of ether oxygens (including phenoxy) is 2. The lowest BCUT2D eigenvalue weighted by Crippen LogP contribution is -2.21. The maximum absolute atomic E-state index is 13.5. The molecule has 1 heterocycles. The molecule has 0 saturated heterocycles. The molecule has 0 atom stereocenters. The Morgan fingerprint density at radius 2 is 1.76 bits per heavy atom. The molecule has 0 fully saturated rings. The Hall–Kier alpha value is -4.68. The van der Waals surface area contributed by atoms with Gasteiger partial charge in [-0.25, -0.2) is 4.98 Å². The second kappa shape index (κ2) is 13.5. The summed E-state index contributed by atoms with van der Waals surface area (Å²) in [7, 11) is 0. The number of benzene rings is 4. The quantitative estimate of drug-likeness (QED) is 0.159. The van der Waals surface area contributed by atoms with E-state index in [4.69, 9.17) is 21.1 Å². The molecule has 1 N–H and O–H groups in total. The van der Waals surface area contributed by atoms with Crippen molar-refractivity contribution in [3.8, 4) is 22.9 Å². The second-order valence-corrected chi connectivity index (χ2v) is 10.8. The number of carbonyl (C=O) groups is 1. The fourth-order valence-corrected chi connectivity index (χ4v) is 4.83. The average molecular weight is 700 g/mol. The number of halogens is 5. The van der Waals surface area contributed by atoms with Crippen molar-refractivity contribution < 1.29 is 27.4 Å². The number of anilines is 1. The zero-order valence-electron chi connectivity index (χ0n) is 23.4. The Balaban J connectivity index is 1.48. The van der Waals surface area contributed by atoms with Crippen LogP contribution in [0.15, 0.2) is 99.3 Å². The highest BCUT2D eigenvalue weighted by molar-refractivity contribution is 9.10. The minimum Gasteiger partial charge on any atom is -0.490 e. The summed E-state index contributed by atoms with van der Waals surface area (Å²) < 4.78 is 53.4. The van der Waals surface area contributed by atoms with Crippen molar-refractivity contribution >= 4 is 56.2 Å². The van der Waals surface area contributed by atoms with Crippen LogP contribution in [0.5, 0.6) is 11.5 Å². The Kier molecular flexibility index (Phi) is 9.54. The van der Waals surface area contributed by atoms with E-state index in [0.29, 0.717) is 32.0 Å². The summed E-state index contributed by atoms with van der Waals surface area (Å²) in [5, 5.41) is 7.83. The predicted octanol–water partition coefficient (Wildman–Crippen LogP) is 7.80. The number of para-hydroxylation sites is 1. The fourth-order valence-electron chi connectivity index (χ4n) is 4.28. The normalized spacial score (nSPS) is 11.6. The number of alkyl halides is 3. The first kappa shape index (κ1) is 31.7. The van der Waals surface area contributed by atoms with Gasteiger partial charge in [-0.3, -0.25) is 9.59 Å². The summed E-state index contributed by atoms with van der Waals surface area (Å²) >= 11 is 9.35. The highest BCUT2D eigenvalue weighted by atomic mass is 79.9. The number of nitrogens with zero attached hydrogens (tertiary/aromatic N) is 3. The van der Waals surface area contributed by atoms with E-state index in [1.54, 1.807) is 67.6 Å². The van der Waals surface area contributed by atoms with Gasteiger partial charge in [-0.15, -0.1) is 0 Å². The van der Waals surface area contributed by atoms with Gasteiger partial charge in [0, 0.05) is 26.3 Å². The minimum atomic E-state index is -4.60. The lowest BCUT2D eigenvalue weighted by molar-refractivity contribution is -0.137. The van der Waals surface area contributed by atoms with Crippen LogP contribution in [0.1, 0.15) is 18.1 Å². The van der Waals surface area contributed by atoms with Crippen molar-refractivity contribution in [2.45, 2.75) is 13.1 Å². The first-order chi connectivity index (χ1) is 21.5. The van der Waals surface area contributed by atoms with E-state index in [-0.39, 0.29) is 35.7 Å². The van der Waals surface area contributed by atoms with Gasteiger partial charge in [0.05, 0.1) is 29.3 Å². The number of aromatic nitrogens is 2. The number of carbonyl (C=O) groups excluding carboxylic acids is 1. The second-order valence-electron chi connectivity index (χ2n) is 9.49. The molecule has 13 heteroatoms. The minimum absolute atomic E-state index is 0.0551. The van der Waals surface area contributed by atoms with Gasteiger partial charge in [-0.05, 0) is 83.5 Å². The van der Waals surface area contributed by atoms with Crippen LogP contribution in [0.25, 0.3) is 22.3 Å². The summed E-state index contributed by atoms with van der Waals surface area (Å²) in [6.07, 6.45) is -3.25. The average Bonchev–Trinajstić information content (AvgIpc) is 3.02. The number of fused-ring (bicyclic) bond motifs is 1. The van der Waals surface area contributed by atoms with Gasteiger partial charge in [0.15, 0.2) is 23.9 Å². The van der Waals surface area contributed by atoms with E-state index in [9.17, 15) is 22.8 Å². The largest absolute Gasteiger partial charge is 0.490 e.